The number of nitrogens with two attached hydrogens (primary N) is 2. The highest BCUT2D eigenvalue weighted by atomic mass is 19.4. The number of quaternary nitrogens is 1. The van der Waals surface area contributed by atoms with E-state index in [-0.39, 0.29) is 22.9 Å². The zero-order valence-corrected chi connectivity index (χ0v) is 23.7. The predicted molar refractivity (Wildman–Crippen MR) is 146 cm³/mol. The number of carbonyl (C=O) groups is 2. The maximum atomic E-state index is 13.5. The lowest BCUT2D eigenvalue weighted by atomic mass is 9.87. The minimum absolute atomic E-state index is 0.0266. The van der Waals surface area contributed by atoms with Gasteiger partial charge in [-0.3, -0.25) is 5.73 Å². The first kappa shape index (κ1) is 31.2. The van der Waals surface area contributed by atoms with Crippen LogP contribution < -0.4 is 11.5 Å². The molecular formula is C29H35F3N6O3+2. The molecule has 1 aliphatic rings. The highest BCUT2D eigenvalue weighted by molar-refractivity contribution is 5.99. The molecule has 0 radical (unpaired) electrons. The van der Waals surface area contributed by atoms with E-state index in [9.17, 15) is 28.0 Å². The molecule has 0 spiro atoms. The van der Waals surface area contributed by atoms with Gasteiger partial charge in [0.2, 0.25) is 0 Å². The fourth-order valence-electron chi connectivity index (χ4n) is 4.97. The number of unbranched alkanes of at least 4 members (excludes halogenated alkanes) is 1. The number of alkyl halides is 3. The second-order valence-electron chi connectivity index (χ2n) is 10.8. The maximum absolute atomic E-state index is 13.5. The maximum Gasteiger partial charge on any atom is 0.416 e. The number of amides is 2. The van der Waals surface area contributed by atoms with Crippen LogP contribution in [0.15, 0.2) is 53.7 Å². The Morgan fingerprint density at radius 2 is 1.83 bits per heavy atom. The van der Waals surface area contributed by atoms with E-state index < -0.39 is 29.8 Å². The zero-order valence-electron chi connectivity index (χ0n) is 23.7. The summed E-state index contributed by atoms with van der Waals surface area (Å²) in [5, 5.41) is 9.55. The van der Waals surface area contributed by atoms with E-state index in [2.05, 4.69) is 27.2 Å². The van der Waals surface area contributed by atoms with E-state index in [1.54, 1.807) is 18.2 Å². The van der Waals surface area contributed by atoms with Gasteiger partial charge >= 0.3 is 24.1 Å². The van der Waals surface area contributed by atoms with Crippen molar-refractivity contribution in [2.24, 2.45) is 11.5 Å². The number of rotatable bonds is 8. The quantitative estimate of drug-likeness (QED) is 0.213. The van der Waals surface area contributed by atoms with Gasteiger partial charge in [-0.15, -0.1) is 0 Å². The SMILES string of the molecule is COC(=O)C1=C(C)[N+](c2cccc(C(F)(F)F)c2)=C(N)N(C(N)=O)[C@@H]1c1ccc(C#N)cc1CCCC[N+](C)(C)C. The van der Waals surface area contributed by atoms with E-state index in [0.717, 1.165) is 48.0 Å². The lowest BCUT2D eigenvalue weighted by molar-refractivity contribution is -0.870. The van der Waals surface area contributed by atoms with Crippen LogP contribution in [0, 0.1) is 11.3 Å². The molecule has 4 N–H and O–H groups in total. The molecule has 1 heterocycles. The summed E-state index contributed by atoms with van der Waals surface area (Å²) in [4.78, 5) is 27.2. The van der Waals surface area contributed by atoms with Gasteiger partial charge in [0.25, 0.3) is 0 Å². The number of allylic oxidation sites excluding steroid dienone is 1. The van der Waals surface area contributed by atoms with Crippen molar-refractivity contribution < 1.29 is 36.6 Å². The number of nitriles is 1. The Morgan fingerprint density at radius 1 is 1.15 bits per heavy atom. The van der Waals surface area contributed by atoms with Gasteiger partial charge in [-0.2, -0.15) is 23.3 Å². The van der Waals surface area contributed by atoms with Crippen LogP contribution in [0.3, 0.4) is 0 Å². The van der Waals surface area contributed by atoms with Crippen molar-refractivity contribution in [3.05, 3.63) is 76.0 Å². The predicted octanol–water partition coefficient (Wildman–Crippen LogP) is 4.15. The van der Waals surface area contributed by atoms with Crippen molar-refractivity contribution >= 4 is 23.6 Å². The van der Waals surface area contributed by atoms with Crippen molar-refractivity contribution in [2.75, 3.05) is 34.8 Å². The number of hydrogen-bond donors (Lipinski definition) is 2. The second-order valence-corrected chi connectivity index (χ2v) is 10.8. The number of methoxy groups -OCH3 is 1. The molecule has 0 aliphatic carbocycles. The summed E-state index contributed by atoms with van der Waals surface area (Å²) in [6.07, 6.45) is -2.48. The third-order valence-electron chi connectivity index (χ3n) is 6.90. The normalized spacial score (nSPS) is 16.1. The number of aryl methyl sites for hydroxylation is 1. The van der Waals surface area contributed by atoms with Gasteiger partial charge in [-0.1, -0.05) is 12.1 Å². The number of halogens is 3. The number of esters is 1. The van der Waals surface area contributed by atoms with E-state index in [1.165, 1.54) is 23.6 Å². The van der Waals surface area contributed by atoms with Crippen molar-refractivity contribution in [1.29, 1.82) is 5.26 Å². The molecule has 2 aromatic carbocycles. The lowest BCUT2D eigenvalue weighted by Gasteiger charge is -2.33. The van der Waals surface area contributed by atoms with Gasteiger partial charge in [0.15, 0.2) is 0 Å². The van der Waals surface area contributed by atoms with Crippen molar-refractivity contribution in [2.45, 2.75) is 38.4 Å². The number of urea groups is 1. The molecule has 0 bridgehead atoms. The molecule has 2 aromatic rings. The standard InChI is InChI=1S/C29H33F3N6O3/c1-18-24(26(39)41-5)25(23-13-12-19(17-33)15-20(23)9-6-7-14-38(2,3)4)37(28(35)40)27(34)36(18)22-11-8-10-21(16-22)29(30,31)32/h8,10-13,15-16,25,34H,6-7,9,14H2,1-5H3,(H-,35,40)/p+2/t25-/m1/s1. The van der Waals surface area contributed by atoms with Crippen molar-refractivity contribution in [3.63, 3.8) is 0 Å². The molecule has 1 aliphatic heterocycles. The van der Waals surface area contributed by atoms with E-state index in [4.69, 9.17) is 16.2 Å². The smallest absolute Gasteiger partial charge is 0.416 e. The highest BCUT2D eigenvalue weighted by Crippen LogP contribution is 2.40. The Hall–Kier alpha value is -4.37. The molecule has 0 saturated carbocycles. The number of benzene rings is 2. The summed E-state index contributed by atoms with van der Waals surface area (Å²) >= 11 is 0. The monoisotopic (exact) mass is 572 g/mol. The van der Waals surface area contributed by atoms with Crippen LogP contribution in [-0.2, 0) is 22.1 Å². The summed E-state index contributed by atoms with van der Waals surface area (Å²) in [7, 11) is 7.41. The Labute approximate surface area is 237 Å². The Bertz CT molecular complexity index is 1450. The molecule has 0 aromatic heterocycles. The molecule has 0 saturated heterocycles. The van der Waals surface area contributed by atoms with Crippen molar-refractivity contribution in [1.82, 2.24) is 4.90 Å². The molecule has 2 amide bonds. The number of guanidine groups is 1. The lowest BCUT2D eigenvalue weighted by Crippen LogP contribution is -2.54. The van der Waals surface area contributed by atoms with E-state index in [1.807, 2.05) is 0 Å². The summed E-state index contributed by atoms with van der Waals surface area (Å²) in [6.45, 7) is 2.42. The fraction of sp³-hybridized carbons (Fsp3) is 0.379. The summed E-state index contributed by atoms with van der Waals surface area (Å²) < 4.78 is 47.6. The molecule has 218 valence electrons. The second kappa shape index (κ2) is 12.0. The van der Waals surface area contributed by atoms with E-state index >= 15 is 0 Å². The van der Waals surface area contributed by atoms with Gasteiger partial charge in [0, 0.05) is 0 Å². The minimum atomic E-state index is -4.64. The number of primary amides is 1. The van der Waals surface area contributed by atoms with Crippen LogP contribution in [0.2, 0.25) is 0 Å². The largest absolute Gasteiger partial charge is 0.465 e. The molecule has 41 heavy (non-hydrogen) atoms. The molecule has 3 rings (SSSR count). The Kier molecular flexibility index (Phi) is 9.13. The van der Waals surface area contributed by atoms with Gasteiger partial charge in [0.05, 0.1) is 57.7 Å². The van der Waals surface area contributed by atoms with Crippen LogP contribution in [-0.4, -0.2) is 66.7 Å². The van der Waals surface area contributed by atoms with Gasteiger partial charge in [-0.25, -0.2) is 14.2 Å². The average Bonchev–Trinajstić information content (AvgIpc) is 2.89. The zero-order chi connectivity index (χ0) is 30.7. The van der Waals surface area contributed by atoms with Crippen molar-refractivity contribution in [3.8, 4) is 6.07 Å². The van der Waals surface area contributed by atoms with E-state index in [0.29, 0.717) is 23.1 Å². The molecule has 12 heteroatoms. The average molecular weight is 573 g/mol. The Morgan fingerprint density at radius 3 is 2.39 bits per heavy atom. The minimum Gasteiger partial charge on any atom is -0.465 e. The molecule has 0 unspecified atom stereocenters. The third-order valence-corrected chi connectivity index (χ3v) is 6.90. The van der Waals surface area contributed by atoms with Crippen LogP contribution in [0.1, 0.15) is 48.1 Å². The van der Waals surface area contributed by atoms with Crippen LogP contribution in [0.5, 0.6) is 0 Å². The van der Waals surface area contributed by atoms with Crippen LogP contribution in [0.4, 0.5) is 23.7 Å². The number of nitrogens with zero attached hydrogens (tertiary/aromatic N) is 4. The summed E-state index contributed by atoms with van der Waals surface area (Å²) in [6, 6.07) is 9.17. The van der Waals surface area contributed by atoms with Gasteiger partial charge < -0.3 is 15.0 Å². The van der Waals surface area contributed by atoms with Gasteiger partial charge in [0.1, 0.15) is 17.3 Å². The third kappa shape index (κ3) is 6.86. The molecule has 9 nitrogen and oxygen atoms in total. The summed E-state index contributed by atoms with van der Waals surface area (Å²) in [5.41, 5.74) is 13.0. The fourth-order valence-corrected chi connectivity index (χ4v) is 4.97. The molecular weight excluding hydrogens is 537 g/mol. The number of carbonyl (C=O) groups excluding carboxylic acids is 2. The first-order chi connectivity index (χ1) is 19.1. The summed E-state index contributed by atoms with van der Waals surface area (Å²) in [5.74, 6) is -1.10. The highest BCUT2D eigenvalue weighted by Gasteiger charge is 2.47. The first-order valence-electron chi connectivity index (χ1n) is 12.9. The molecule has 0 fully saturated rings. The van der Waals surface area contributed by atoms with Crippen LogP contribution in [0.25, 0.3) is 0 Å². The van der Waals surface area contributed by atoms with Gasteiger partial charge in [-0.05, 0) is 67.6 Å². The number of ether oxygens (including phenoxy) is 1. The first-order valence-corrected chi connectivity index (χ1v) is 12.9. The van der Waals surface area contributed by atoms with Crippen LogP contribution >= 0.6 is 0 Å². The Balaban J connectivity index is 2.25. The topological polar surface area (TPSA) is 125 Å². The molecule has 1 atom stereocenters. The number of hydrogen-bond acceptors (Lipinski definition) is 5.